The van der Waals surface area contributed by atoms with Crippen LogP contribution in [0.25, 0.3) is 0 Å². The largest absolute Gasteiger partial charge is 0.481 e. The summed E-state index contributed by atoms with van der Waals surface area (Å²) in [5.74, 6) is -2.44. The zero-order chi connectivity index (χ0) is 14.8. The average Bonchev–Trinajstić information content (AvgIpc) is 2.32. The van der Waals surface area contributed by atoms with Crippen molar-refractivity contribution in [3.05, 3.63) is 12.2 Å². The second-order valence-electron chi connectivity index (χ2n) is 3.61. The summed E-state index contributed by atoms with van der Waals surface area (Å²) in [7, 11) is 0. The van der Waals surface area contributed by atoms with Gasteiger partial charge in [-0.2, -0.15) is 0 Å². The van der Waals surface area contributed by atoms with E-state index in [1.807, 2.05) is 0 Å². The molecule has 18 heavy (non-hydrogen) atoms. The first kappa shape index (κ1) is 18.9. The molecule has 0 aliphatic rings. The minimum absolute atomic E-state index is 0.303. The average molecular weight is 266 g/mol. The van der Waals surface area contributed by atoms with E-state index >= 15 is 0 Å². The van der Waals surface area contributed by atoms with Gasteiger partial charge >= 0.3 is 11.9 Å². The van der Waals surface area contributed by atoms with Crippen molar-refractivity contribution in [2.24, 2.45) is 5.41 Å². The number of hydrogen-bond donors (Lipinski definition) is 6. The van der Waals surface area contributed by atoms with Gasteiger partial charge in [0.15, 0.2) is 0 Å². The third kappa shape index (κ3) is 7.74. The molecule has 6 N–H and O–H groups in total. The molecule has 0 radical (unpaired) electrons. The zero-order valence-electron chi connectivity index (χ0n) is 9.74. The molecule has 0 fully saturated rings. The fourth-order valence-corrected chi connectivity index (χ4v) is 0.558. The van der Waals surface area contributed by atoms with E-state index in [0.29, 0.717) is 0 Å². The lowest BCUT2D eigenvalue weighted by atomic mass is 9.93. The molecule has 0 aliphatic carbocycles. The maximum atomic E-state index is 9.87. The SMILES string of the molecule is C=C(CC(=O)O)C(=O)O.OCC(CO)(CO)CO. The van der Waals surface area contributed by atoms with Crippen molar-refractivity contribution < 1.29 is 40.2 Å². The Kier molecular flexibility index (Phi) is 10.0. The Morgan fingerprint density at radius 3 is 1.28 bits per heavy atom. The summed E-state index contributed by atoms with van der Waals surface area (Å²) >= 11 is 0. The number of hydrogen-bond acceptors (Lipinski definition) is 6. The summed E-state index contributed by atoms with van der Waals surface area (Å²) in [6.45, 7) is 1.39. The Morgan fingerprint density at radius 1 is 0.889 bits per heavy atom. The highest BCUT2D eigenvalue weighted by Crippen LogP contribution is 2.11. The highest BCUT2D eigenvalue weighted by molar-refractivity contribution is 5.91. The van der Waals surface area contributed by atoms with Crippen LogP contribution in [0.15, 0.2) is 12.2 Å². The maximum Gasteiger partial charge on any atom is 0.331 e. The molecule has 0 aliphatic heterocycles. The Balaban J connectivity index is 0. The number of carbonyl (C=O) groups is 2. The van der Waals surface area contributed by atoms with Gasteiger partial charge < -0.3 is 30.6 Å². The number of aliphatic hydroxyl groups excluding tert-OH is 4. The predicted molar refractivity (Wildman–Crippen MR) is 59.8 cm³/mol. The molecule has 0 unspecified atom stereocenters. The van der Waals surface area contributed by atoms with Gasteiger partial charge in [0.1, 0.15) is 0 Å². The lowest BCUT2D eigenvalue weighted by Crippen LogP contribution is -2.37. The van der Waals surface area contributed by atoms with Crippen molar-refractivity contribution >= 4 is 11.9 Å². The zero-order valence-corrected chi connectivity index (χ0v) is 9.74. The van der Waals surface area contributed by atoms with Gasteiger partial charge in [0.25, 0.3) is 0 Å². The molecule has 0 aromatic rings. The molecule has 0 aromatic carbocycles. The molecular formula is C10H18O8. The highest BCUT2D eigenvalue weighted by Gasteiger charge is 2.26. The molecule has 0 saturated heterocycles. The van der Waals surface area contributed by atoms with E-state index in [9.17, 15) is 9.59 Å². The fraction of sp³-hybridized carbons (Fsp3) is 0.600. The van der Waals surface area contributed by atoms with Crippen LogP contribution < -0.4 is 0 Å². The smallest absolute Gasteiger partial charge is 0.331 e. The van der Waals surface area contributed by atoms with E-state index in [0.717, 1.165) is 0 Å². The van der Waals surface area contributed by atoms with Crippen molar-refractivity contribution in [2.75, 3.05) is 26.4 Å². The molecule has 0 atom stereocenters. The molecule has 0 heterocycles. The summed E-state index contributed by atoms with van der Waals surface area (Å²) < 4.78 is 0. The third-order valence-electron chi connectivity index (χ3n) is 2.01. The Hall–Kier alpha value is -1.48. The van der Waals surface area contributed by atoms with Gasteiger partial charge in [-0.25, -0.2) is 4.79 Å². The van der Waals surface area contributed by atoms with E-state index in [1.165, 1.54) is 0 Å². The molecule has 8 nitrogen and oxygen atoms in total. The monoisotopic (exact) mass is 266 g/mol. The topological polar surface area (TPSA) is 156 Å². The van der Waals surface area contributed by atoms with Crippen LogP contribution in [0.5, 0.6) is 0 Å². The summed E-state index contributed by atoms with van der Waals surface area (Å²) in [5.41, 5.74) is -1.41. The van der Waals surface area contributed by atoms with E-state index in [-0.39, 0.29) is 5.57 Å². The van der Waals surface area contributed by atoms with E-state index in [1.54, 1.807) is 0 Å². The molecular weight excluding hydrogens is 248 g/mol. The number of carboxylic acids is 2. The second kappa shape index (κ2) is 9.54. The molecule has 106 valence electrons. The number of aliphatic hydroxyl groups is 4. The van der Waals surface area contributed by atoms with E-state index in [2.05, 4.69) is 6.58 Å². The van der Waals surface area contributed by atoms with E-state index in [4.69, 9.17) is 30.6 Å². The van der Waals surface area contributed by atoms with Crippen LogP contribution in [0, 0.1) is 5.41 Å². The molecule has 0 spiro atoms. The Morgan fingerprint density at radius 2 is 1.22 bits per heavy atom. The summed E-state index contributed by atoms with van der Waals surface area (Å²) in [6, 6.07) is 0. The van der Waals surface area contributed by atoms with Gasteiger partial charge in [-0.3, -0.25) is 4.79 Å². The summed E-state index contributed by atoms with van der Waals surface area (Å²) in [6.07, 6.45) is -0.505. The van der Waals surface area contributed by atoms with Gasteiger partial charge in [0.2, 0.25) is 0 Å². The van der Waals surface area contributed by atoms with Crippen molar-refractivity contribution in [3.63, 3.8) is 0 Å². The molecule has 0 saturated carbocycles. The summed E-state index contributed by atoms with van der Waals surface area (Å²) in [5, 5.41) is 50.1. The van der Waals surface area contributed by atoms with Crippen LogP contribution in [-0.2, 0) is 9.59 Å². The molecule has 8 heteroatoms. The van der Waals surface area contributed by atoms with Crippen LogP contribution in [0.1, 0.15) is 6.42 Å². The number of rotatable bonds is 7. The maximum absolute atomic E-state index is 9.87. The lowest BCUT2D eigenvalue weighted by Gasteiger charge is -2.23. The van der Waals surface area contributed by atoms with Gasteiger partial charge in [0, 0.05) is 5.57 Å². The van der Waals surface area contributed by atoms with Crippen molar-refractivity contribution in [1.82, 2.24) is 0 Å². The van der Waals surface area contributed by atoms with Crippen LogP contribution in [0.2, 0.25) is 0 Å². The van der Waals surface area contributed by atoms with Gasteiger partial charge in [-0.1, -0.05) is 6.58 Å². The standard InChI is InChI=1S/C5H12O4.C5H6O4/c6-1-5(2-7,3-8)4-9;1-3(5(8)9)2-4(6)7/h6-9H,1-4H2;1-2H2,(H,6,7)(H,8,9). The van der Waals surface area contributed by atoms with Crippen molar-refractivity contribution in [2.45, 2.75) is 6.42 Å². The second-order valence-corrected chi connectivity index (χ2v) is 3.61. The van der Waals surface area contributed by atoms with E-state index < -0.39 is 50.2 Å². The van der Waals surface area contributed by atoms with Crippen LogP contribution >= 0.6 is 0 Å². The molecule has 0 rings (SSSR count). The van der Waals surface area contributed by atoms with Crippen molar-refractivity contribution in [3.8, 4) is 0 Å². The van der Waals surface area contributed by atoms with Crippen molar-refractivity contribution in [1.29, 1.82) is 0 Å². The first-order valence-electron chi connectivity index (χ1n) is 4.85. The summed E-state index contributed by atoms with van der Waals surface area (Å²) in [4.78, 5) is 19.7. The quantitative estimate of drug-likeness (QED) is 0.290. The minimum Gasteiger partial charge on any atom is -0.481 e. The lowest BCUT2D eigenvalue weighted by molar-refractivity contribution is -0.139. The molecule has 0 aromatic heterocycles. The van der Waals surface area contributed by atoms with Crippen LogP contribution in [0.4, 0.5) is 0 Å². The number of aliphatic carboxylic acids is 2. The van der Waals surface area contributed by atoms with Gasteiger partial charge in [-0.15, -0.1) is 0 Å². The predicted octanol–water partition coefficient (Wildman–Crippen LogP) is -1.96. The highest BCUT2D eigenvalue weighted by atomic mass is 16.4. The minimum atomic E-state index is -1.27. The van der Waals surface area contributed by atoms with Crippen LogP contribution in [-0.4, -0.2) is 69.0 Å². The fourth-order valence-electron chi connectivity index (χ4n) is 0.558. The van der Waals surface area contributed by atoms with Gasteiger partial charge in [0.05, 0.1) is 38.3 Å². The third-order valence-corrected chi connectivity index (χ3v) is 2.01. The normalized spacial score (nSPS) is 10.2. The van der Waals surface area contributed by atoms with Crippen LogP contribution in [0.3, 0.4) is 0 Å². The number of carboxylic acid groups (broad SMARTS) is 2. The Labute approximate surface area is 103 Å². The molecule has 0 amide bonds. The Bertz CT molecular complexity index is 264. The van der Waals surface area contributed by atoms with Gasteiger partial charge in [-0.05, 0) is 0 Å². The molecule has 0 bridgehead atoms. The first-order valence-corrected chi connectivity index (χ1v) is 4.85. The first-order chi connectivity index (χ1) is 8.28.